The minimum atomic E-state index is 0.0322. The number of rotatable bonds is 5. The van der Waals surface area contributed by atoms with Gasteiger partial charge in [0.2, 0.25) is 0 Å². The summed E-state index contributed by atoms with van der Waals surface area (Å²) in [6.07, 6.45) is 5.88. The molecule has 1 N–H and O–H groups in total. The van der Waals surface area contributed by atoms with E-state index in [4.69, 9.17) is 0 Å². The molecule has 1 atom stereocenters. The van der Waals surface area contributed by atoms with E-state index in [0.29, 0.717) is 5.92 Å². The van der Waals surface area contributed by atoms with Crippen molar-refractivity contribution in [1.82, 2.24) is 5.32 Å². The fourth-order valence-corrected chi connectivity index (χ4v) is 4.52. The van der Waals surface area contributed by atoms with Crippen LogP contribution < -0.4 is 5.32 Å². The zero-order valence-electron chi connectivity index (χ0n) is 14.9. The molecule has 2 nitrogen and oxygen atoms in total. The summed E-state index contributed by atoms with van der Waals surface area (Å²) in [5, 5.41) is 3.15. The van der Waals surface area contributed by atoms with E-state index in [9.17, 15) is 4.79 Å². The normalized spacial score (nSPS) is 15.2. The van der Waals surface area contributed by atoms with Gasteiger partial charge in [-0.25, -0.2) is 0 Å². The number of benzene rings is 1. The summed E-state index contributed by atoms with van der Waals surface area (Å²) >= 11 is 1.68. The van der Waals surface area contributed by atoms with E-state index in [1.54, 1.807) is 11.3 Å². The molecular weight excluding hydrogens is 314 g/mol. The van der Waals surface area contributed by atoms with E-state index in [2.05, 4.69) is 56.4 Å². The largest absolute Gasteiger partial charge is 0.345 e. The Kier molecular flexibility index (Phi) is 5.40. The van der Waals surface area contributed by atoms with Crippen LogP contribution in [0.5, 0.6) is 0 Å². The Morgan fingerprint density at radius 2 is 1.83 bits per heavy atom. The Labute approximate surface area is 149 Å². The second kappa shape index (κ2) is 7.52. The monoisotopic (exact) mass is 341 g/mol. The molecule has 1 aliphatic rings. The van der Waals surface area contributed by atoms with Crippen LogP contribution in [-0.4, -0.2) is 5.91 Å². The van der Waals surface area contributed by atoms with Gasteiger partial charge in [0.1, 0.15) is 0 Å². The lowest BCUT2D eigenvalue weighted by Gasteiger charge is -2.14. The maximum Gasteiger partial charge on any atom is 0.261 e. The highest BCUT2D eigenvalue weighted by molar-refractivity contribution is 7.14. The summed E-state index contributed by atoms with van der Waals surface area (Å²) in [5.74, 6) is 0.728. The maximum absolute atomic E-state index is 12.6. The summed E-state index contributed by atoms with van der Waals surface area (Å²) in [6.45, 7) is 6.53. The SMILES string of the molecule is CC(C)Cc1ccc([C@H](C)NC(=O)c2cc3c(s2)CCCC3)cc1. The fraction of sp³-hybridized carbons (Fsp3) is 0.476. The first kappa shape index (κ1) is 17.2. The Bertz CT molecular complexity index is 676. The number of fused-ring (bicyclic) bond motifs is 1. The molecule has 128 valence electrons. The molecule has 0 saturated carbocycles. The predicted molar refractivity (Wildman–Crippen MR) is 102 cm³/mol. The zero-order valence-corrected chi connectivity index (χ0v) is 15.7. The van der Waals surface area contributed by atoms with Gasteiger partial charge in [-0.15, -0.1) is 11.3 Å². The van der Waals surface area contributed by atoms with Gasteiger partial charge in [0.15, 0.2) is 0 Å². The smallest absolute Gasteiger partial charge is 0.261 e. The molecule has 0 saturated heterocycles. The summed E-state index contributed by atoms with van der Waals surface area (Å²) in [7, 11) is 0. The van der Waals surface area contributed by atoms with Gasteiger partial charge in [-0.1, -0.05) is 38.1 Å². The molecule has 1 aromatic carbocycles. The molecule has 24 heavy (non-hydrogen) atoms. The molecule has 0 aliphatic heterocycles. The van der Waals surface area contributed by atoms with E-state index in [0.717, 1.165) is 29.7 Å². The maximum atomic E-state index is 12.6. The molecule has 3 heteroatoms. The Morgan fingerprint density at radius 3 is 2.50 bits per heavy atom. The van der Waals surface area contributed by atoms with Crippen molar-refractivity contribution in [2.45, 2.75) is 58.9 Å². The molecular formula is C21H27NOS. The summed E-state index contributed by atoms with van der Waals surface area (Å²) in [6, 6.07) is 10.8. The Hall–Kier alpha value is -1.61. The van der Waals surface area contributed by atoms with Crippen molar-refractivity contribution in [2.24, 2.45) is 5.92 Å². The highest BCUT2D eigenvalue weighted by Gasteiger charge is 2.18. The third kappa shape index (κ3) is 4.07. The van der Waals surface area contributed by atoms with Crippen LogP contribution in [0.2, 0.25) is 0 Å². The lowest BCUT2D eigenvalue weighted by molar-refractivity contribution is 0.0944. The lowest BCUT2D eigenvalue weighted by atomic mass is 9.99. The molecule has 1 aromatic heterocycles. The minimum absolute atomic E-state index is 0.0322. The van der Waals surface area contributed by atoms with Crippen LogP contribution in [-0.2, 0) is 19.3 Å². The Morgan fingerprint density at radius 1 is 1.12 bits per heavy atom. The van der Waals surface area contributed by atoms with Gasteiger partial charge in [0.05, 0.1) is 10.9 Å². The first-order chi connectivity index (χ1) is 11.5. The zero-order chi connectivity index (χ0) is 17.1. The van der Waals surface area contributed by atoms with Crippen LogP contribution in [0.3, 0.4) is 0 Å². The van der Waals surface area contributed by atoms with Crippen LogP contribution in [0.25, 0.3) is 0 Å². The number of thiophene rings is 1. The number of nitrogens with one attached hydrogen (secondary N) is 1. The van der Waals surface area contributed by atoms with E-state index >= 15 is 0 Å². The molecule has 1 aliphatic carbocycles. The first-order valence-corrected chi connectivity index (χ1v) is 9.86. The van der Waals surface area contributed by atoms with Gasteiger partial charge in [0.25, 0.3) is 5.91 Å². The van der Waals surface area contributed by atoms with Gasteiger partial charge in [0, 0.05) is 4.88 Å². The predicted octanol–water partition coefficient (Wildman–Crippen LogP) is 5.32. The van der Waals surface area contributed by atoms with Gasteiger partial charge >= 0.3 is 0 Å². The number of amides is 1. The number of aryl methyl sites for hydroxylation is 2. The van der Waals surface area contributed by atoms with Crippen LogP contribution in [0.4, 0.5) is 0 Å². The van der Waals surface area contributed by atoms with Gasteiger partial charge < -0.3 is 5.32 Å². The first-order valence-electron chi connectivity index (χ1n) is 9.04. The third-order valence-corrected chi connectivity index (χ3v) is 5.93. The van der Waals surface area contributed by atoms with Crippen molar-refractivity contribution in [3.63, 3.8) is 0 Å². The quantitative estimate of drug-likeness (QED) is 0.784. The van der Waals surface area contributed by atoms with Gasteiger partial charge in [-0.2, -0.15) is 0 Å². The van der Waals surface area contributed by atoms with Gasteiger partial charge in [-0.3, -0.25) is 4.79 Å². The number of hydrogen-bond donors (Lipinski definition) is 1. The number of carbonyl (C=O) groups is 1. The standard InChI is InChI=1S/C21H27NOS/c1-14(2)12-16-8-10-17(11-9-16)15(3)22-21(23)20-13-18-6-4-5-7-19(18)24-20/h8-11,13-15H,4-7,12H2,1-3H3,(H,22,23)/t15-/m0/s1. The second-order valence-electron chi connectivity index (χ2n) is 7.30. The van der Waals surface area contributed by atoms with E-state index < -0.39 is 0 Å². The molecule has 1 amide bonds. The van der Waals surface area contributed by atoms with Crippen LogP contribution >= 0.6 is 11.3 Å². The number of hydrogen-bond acceptors (Lipinski definition) is 2. The molecule has 0 spiro atoms. The summed E-state index contributed by atoms with van der Waals surface area (Å²) in [4.78, 5) is 14.8. The molecule has 0 bridgehead atoms. The van der Waals surface area contributed by atoms with Crippen molar-refractivity contribution >= 4 is 17.2 Å². The molecule has 1 heterocycles. The highest BCUT2D eigenvalue weighted by Crippen LogP contribution is 2.30. The van der Waals surface area contributed by atoms with Crippen LogP contribution in [0.15, 0.2) is 30.3 Å². The summed E-state index contributed by atoms with van der Waals surface area (Å²) in [5.41, 5.74) is 3.91. The molecule has 2 aromatic rings. The lowest BCUT2D eigenvalue weighted by Crippen LogP contribution is -2.25. The van der Waals surface area contributed by atoms with Gasteiger partial charge in [-0.05, 0) is 67.7 Å². The highest BCUT2D eigenvalue weighted by atomic mass is 32.1. The van der Waals surface area contributed by atoms with Crippen LogP contribution in [0, 0.1) is 5.92 Å². The molecule has 3 rings (SSSR count). The molecule has 0 unspecified atom stereocenters. The minimum Gasteiger partial charge on any atom is -0.345 e. The third-order valence-electron chi connectivity index (χ3n) is 4.69. The number of carbonyl (C=O) groups excluding carboxylic acids is 1. The Balaban J connectivity index is 1.64. The van der Waals surface area contributed by atoms with Crippen LogP contribution in [0.1, 0.15) is 70.9 Å². The van der Waals surface area contributed by atoms with E-state index in [-0.39, 0.29) is 11.9 Å². The van der Waals surface area contributed by atoms with E-state index in [1.807, 2.05) is 0 Å². The topological polar surface area (TPSA) is 29.1 Å². The summed E-state index contributed by atoms with van der Waals surface area (Å²) < 4.78 is 0. The average molecular weight is 342 g/mol. The van der Waals surface area contributed by atoms with Crippen molar-refractivity contribution in [3.05, 3.63) is 56.8 Å². The van der Waals surface area contributed by atoms with E-state index in [1.165, 1.54) is 28.8 Å². The van der Waals surface area contributed by atoms with Crippen molar-refractivity contribution in [1.29, 1.82) is 0 Å². The molecule has 0 fully saturated rings. The van der Waals surface area contributed by atoms with Crippen molar-refractivity contribution in [3.8, 4) is 0 Å². The average Bonchev–Trinajstić information content (AvgIpc) is 2.99. The van der Waals surface area contributed by atoms with Crippen molar-refractivity contribution < 1.29 is 4.79 Å². The van der Waals surface area contributed by atoms with Crippen molar-refractivity contribution in [2.75, 3.05) is 0 Å². The second-order valence-corrected chi connectivity index (χ2v) is 8.44. The fourth-order valence-electron chi connectivity index (χ4n) is 3.37. The molecule has 0 radical (unpaired) electrons.